The van der Waals surface area contributed by atoms with E-state index in [1.165, 1.54) is 25.9 Å². The van der Waals surface area contributed by atoms with Crippen molar-refractivity contribution in [1.29, 1.82) is 0 Å². The van der Waals surface area contributed by atoms with Crippen LogP contribution in [0.5, 0.6) is 0 Å². The molecular formula is C8H12BFO2. The molecule has 0 bridgehead atoms. The topological polar surface area (TPSA) is 26.3 Å². The third-order valence-corrected chi connectivity index (χ3v) is 1.02. The Labute approximate surface area is 72.3 Å². The summed E-state index contributed by atoms with van der Waals surface area (Å²) in [7, 11) is -1.38. The molecule has 0 spiro atoms. The maximum atomic E-state index is 12.2. The van der Waals surface area contributed by atoms with Crippen molar-refractivity contribution in [3.63, 3.8) is 0 Å². The van der Waals surface area contributed by atoms with Crippen molar-refractivity contribution in [2.75, 3.05) is 0 Å². The zero-order valence-electron chi connectivity index (χ0n) is 7.50. The normalized spacial score (nSPS) is 11.8. The Hall–Kier alpha value is -1.06. The van der Waals surface area contributed by atoms with Gasteiger partial charge in [-0.15, -0.1) is 0 Å². The molecule has 66 valence electrons. The molecule has 0 aliphatic heterocycles. The highest BCUT2D eigenvalue weighted by Gasteiger charge is 2.07. The van der Waals surface area contributed by atoms with Gasteiger partial charge >= 0.3 is 7.19 Å². The quantitative estimate of drug-likeness (QED) is 0.367. The van der Waals surface area contributed by atoms with E-state index in [1.807, 2.05) is 0 Å². The van der Waals surface area contributed by atoms with Gasteiger partial charge in [0.1, 0.15) is 0 Å². The molecule has 0 saturated carbocycles. The molecule has 0 atom stereocenters. The number of carbonyl (C=O) groups is 1. The van der Waals surface area contributed by atoms with Crippen LogP contribution in [0.15, 0.2) is 24.0 Å². The average molecular weight is 170 g/mol. The highest BCUT2D eigenvalue weighted by atomic mass is 19.1. The summed E-state index contributed by atoms with van der Waals surface area (Å²) in [5, 5.41) is 0. The van der Waals surface area contributed by atoms with Crippen LogP contribution in [0.25, 0.3) is 0 Å². The Morgan fingerprint density at radius 3 is 2.58 bits per heavy atom. The van der Waals surface area contributed by atoms with Gasteiger partial charge in [0.2, 0.25) is 0 Å². The minimum absolute atomic E-state index is 0.198. The first kappa shape index (κ1) is 10.9. The van der Waals surface area contributed by atoms with E-state index in [2.05, 4.69) is 4.65 Å². The van der Waals surface area contributed by atoms with E-state index in [9.17, 15) is 9.11 Å². The predicted octanol–water partition coefficient (Wildman–Crippen LogP) is 2.14. The largest absolute Gasteiger partial charge is 0.561 e. The number of carbonyl (C=O) groups excluding carboxylic acids is 1. The summed E-state index contributed by atoms with van der Waals surface area (Å²) in [6.07, 6.45) is 4.25. The van der Waals surface area contributed by atoms with E-state index >= 15 is 0 Å². The lowest BCUT2D eigenvalue weighted by atomic mass is 10.0. The maximum absolute atomic E-state index is 12.2. The van der Waals surface area contributed by atoms with Gasteiger partial charge in [0.25, 0.3) is 0 Å². The average Bonchev–Trinajstić information content (AvgIpc) is 1.84. The summed E-state index contributed by atoms with van der Waals surface area (Å²) in [6, 6.07) is 0. The van der Waals surface area contributed by atoms with Gasteiger partial charge in [0, 0.05) is 6.08 Å². The van der Waals surface area contributed by atoms with Gasteiger partial charge in [-0.25, -0.2) is 0 Å². The molecule has 2 nitrogen and oxygen atoms in total. The van der Waals surface area contributed by atoms with Crippen molar-refractivity contribution < 1.29 is 13.8 Å². The lowest BCUT2D eigenvalue weighted by molar-refractivity contribution is -0.110. The number of rotatable bonds is 4. The van der Waals surface area contributed by atoms with Crippen molar-refractivity contribution in [2.45, 2.75) is 20.7 Å². The summed E-state index contributed by atoms with van der Waals surface area (Å²) < 4.78 is 16.8. The Morgan fingerprint density at radius 2 is 2.17 bits per heavy atom. The van der Waals surface area contributed by atoms with Crippen molar-refractivity contribution in [3.8, 4) is 0 Å². The predicted molar refractivity (Wildman–Crippen MR) is 47.4 cm³/mol. The summed E-state index contributed by atoms with van der Waals surface area (Å²) in [5.74, 6) is 0.0868. The van der Waals surface area contributed by atoms with E-state index in [1.54, 1.807) is 13.0 Å². The summed E-state index contributed by atoms with van der Waals surface area (Å²) in [6.45, 7) is 4.54. The second kappa shape index (κ2) is 5.58. The van der Waals surface area contributed by atoms with Gasteiger partial charge < -0.3 is 4.65 Å². The Morgan fingerprint density at radius 1 is 1.58 bits per heavy atom. The van der Waals surface area contributed by atoms with Gasteiger partial charge in [-0.1, -0.05) is 6.08 Å². The van der Waals surface area contributed by atoms with Gasteiger partial charge in [-0.3, -0.25) is 9.11 Å². The number of halogens is 1. The molecule has 0 aliphatic rings. The lowest BCUT2D eigenvalue weighted by Crippen LogP contribution is -2.05. The standard InChI is InChI=1S/C8H12BFO2/c1-4-5-8(11)6-7(2)12-9(3)10/h4-6H,1-3H3/b5-4+,7-6-. The van der Waals surface area contributed by atoms with Crippen LogP contribution >= 0.6 is 0 Å². The molecule has 0 N–H and O–H groups in total. The van der Waals surface area contributed by atoms with Crippen molar-refractivity contribution in [1.82, 2.24) is 0 Å². The van der Waals surface area contributed by atoms with Gasteiger partial charge in [-0.2, -0.15) is 0 Å². The summed E-state index contributed by atoms with van der Waals surface area (Å²) in [5.41, 5.74) is 0. The SMILES string of the molecule is C/C=C/C(=O)/C=C(/C)OB(C)F. The second-order valence-corrected chi connectivity index (χ2v) is 2.32. The molecule has 0 unspecified atom stereocenters. The molecule has 0 heterocycles. The van der Waals surface area contributed by atoms with Crippen LogP contribution in [-0.4, -0.2) is 13.0 Å². The Bertz CT molecular complexity index is 209. The molecule has 0 aromatic rings. The van der Waals surface area contributed by atoms with Crippen LogP contribution in [-0.2, 0) is 9.45 Å². The molecular weight excluding hydrogens is 158 g/mol. The fourth-order valence-corrected chi connectivity index (χ4v) is 0.703. The molecule has 0 aromatic heterocycles. The smallest absolute Gasteiger partial charge is 0.537 e. The zero-order chi connectivity index (χ0) is 9.56. The third-order valence-electron chi connectivity index (χ3n) is 1.02. The van der Waals surface area contributed by atoms with Crippen LogP contribution < -0.4 is 0 Å². The van der Waals surface area contributed by atoms with E-state index in [-0.39, 0.29) is 11.5 Å². The van der Waals surface area contributed by atoms with Crippen LogP contribution in [0.4, 0.5) is 4.32 Å². The molecule has 0 aromatic carbocycles. The minimum Gasteiger partial charge on any atom is -0.537 e. The first-order chi connectivity index (χ1) is 5.56. The number of ketones is 1. The number of allylic oxidation sites excluding steroid dienone is 4. The molecule has 0 radical (unpaired) electrons. The first-order valence-corrected chi connectivity index (χ1v) is 3.72. The van der Waals surface area contributed by atoms with E-state index < -0.39 is 7.19 Å². The first-order valence-electron chi connectivity index (χ1n) is 3.72. The fraction of sp³-hybridized carbons (Fsp3) is 0.375. The van der Waals surface area contributed by atoms with Gasteiger partial charge in [0.05, 0.1) is 5.76 Å². The van der Waals surface area contributed by atoms with Crippen LogP contribution in [0.3, 0.4) is 0 Å². The van der Waals surface area contributed by atoms with E-state index in [0.29, 0.717) is 0 Å². The molecule has 4 heteroatoms. The minimum atomic E-state index is -1.38. The fourth-order valence-electron chi connectivity index (χ4n) is 0.703. The summed E-state index contributed by atoms with van der Waals surface area (Å²) >= 11 is 0. The number of hydrogen-bond donors (Lipinski definition) is 0. The van der Waals surface area contributed by atoms with Crippen molar-refractivity contribution >= 4 is 13.0 Å². The molecule has 0 fully saturated rings. The molecule has 12 heavy (non-hydrogen) atoms. The van der Waals surface area contributed by atoms with Crippen LogP contribution in [0, 0.1) is 0 Å². The van der Waals surface area contributed by atoms with Crippen LogP contribution in [0.1, 0.15) is 13.8 Å². The van der Waals surface area contributed by atoms with E-state index in [4.69, 9.17) is 0 Å². The monoisotopic (exact) mass is 170 g/mol. The Balaban J connectivity index is 4.07. The zero-order valence-corrected chi connectivity index (χ0v) is 7.50. The maximum Gasteiger partial charge on any atom is 0.561 e. The van der Waals surface area contributed by atoms with Crippen molar-refractivity contribution in [2.24, 2.45) is 0 Å². The molecule has 0 aliphatic carbocycles. The van der Waals surface area contributed by atoms with Crippen molar-refractivity contribution in [3.05, 3.63) is 24.0 Å². The Kier molecular flexibility index (Phi) is 5.09. The third kappa shape index (κ3) is 5.71. The second-order valence-electron chi connectivity index (χ2n) is 2.32. The highest BCUT2D eigenvalue weighted by Crippen LogP contribution is 2.00. The van der Waals surface area contributed by atoms with Gasteiger partial charge in [0.15, 0.2) is 5.78 Å². The number of hydrogen-bond acceptors (Lipinski definition) is 2. The molecule has 0 amide bonds. The highest BCUT2D eigenvalue weighted by molar-refractivity contribution is 6.42. The van der Waals surface area contributed by atoms with Crippen LogP contribution in [0.2, 0.25) is 6.82 Å². The summed E-state index contributed by atoms with van der Waals surface area (Å²) in [4.78, 5) is 10.9. The van der Waals surface area contributed by atoms with E-state index in [0.717, 1.165) is 0 Å². The molecule has 0 rings (SSSR count). The lowest BCUT2D eigenvalue weighted by Gasteiger charge is -2.02. The van der Waals surface area contributed by atoms with Gasteiger partial charge in [-0.05, 0) is 26.7 Å². The molecule has 0 saturated heterocycles.